The third kappa shape index (κ3) is 3.47. The summed E-state index contributed by atoms with van der Waals surface area (Å²) in [4.78, 5) is 12.1. The Morgan fingerprint density at radius 1 is 1.12 bits per heavy atom. The Hall–Kier alpha value is -3.28. The summed E-state index contributed by atoms with van der Waals surface area (Å²) >= 11 is 0. The van der Waals surface area contributed by atoms with E-state index in [2.05, 4.69) is 10.5 Å². The van der Waals surface area contributed by atoms with E-state index in [1.165, 1.54) is 0 Å². The molecule has 6 nitrogen and oxygen atoms in total. The lowest BCUT2D eigenvalue weighted by Gasteiger charge is -2.10. The lowest BCUT2D eigenvalue weighted by atomic mass is 10.1. The van der Waals surface area contributed by atoms with Crippen LogP contribution in [0.3, 0.4) is 0 Å². The molecule has 3 rings (SSSR count). The lowest BCUT2D eigenvalue weighted by molar-refractivity contribution is 0.0929. The third-order valence-electron chi connectivity index (χ3n) is 3.79. The number of nitrogens with one attached hydrogen (secondary N) is 1. The van der Waals surface area contributed by atoms with E-state index in [9.17, 15) is 4.79 Å². The number of aryl methyl sites for hydroxylation is 1. The van der Waals surface area contributed by atoms with Crippen LogP contribution in [-0.4, -0.2) is 26.3 Å². The van der Waals surface area contributed by atoms with Crippen LogP contribution in [-0.2, 0) is 0 Å². The van der Waals surface area contributed by atoms with E-state index in [1.54, 1.807) is 32.6 Å². The van der Waals surface area contributed by atoms with Crippen molar-refractivity contribution < 1.29 is 18.7 Å². The first-order chi connectivity index (χ1) is 12.1. The molecule has 0 saturated heterocycles. The number of hydrogen-bond donors (Lipinski definition) is 1. The molecular formula is C19H18N2O4. The van der Waals surface area contributed by atoms with Crippen LogP contribution >= 0.6 is 0 Å². The van der Waals surface area contributed by atoms with E-state index >= 15 is 0 Å². The number of amides is 1. The molecule has 0 aliphatic rings. The average molecular weight is 338 g/mol. The van der Waals surface area contributed by atoms with Gasteiger partial charge in [-0.15, -0.1) is 0 Å². The second-order valence-corrected chi connectivity index (χ2v) is 5.41. The van der Waals surface area contributed by atoms with Crippen LogP contribution in [0.2, 0.25) is 0 Å². The van der Waals surface area contributed by atoms with Gasteiger partial charge in [0.25, 0.3) is 0 Å². The number of carbonyl (C=O) groups is 1. The maximum atomic E-state index is 12.1. The Bertz CT molecular complexity index is 911. The minimum atomic E-state index is -0.412. The van der Waals surface area contributed by atoms with Crippen molar-refractivity contribution in [2.75, 3.05) is 14.2 Å². The van der Waals surface area contributed by atoms with Gasteiger partial charge in [0.2, 0.25) is 0 Å². The van der Waals surface area contributed by atoms with Crippen LogP contribution in [0.1, 0.15) is 21.7 Å². The number of nitrogens with zero attached hydrogens (tertiary/aromatic N) is 1. The fourth-order valence-corrected chi connectivity index (χ4v) is 2.44. The van der Waals surface area contributed by atoms with Crippen molar-refractivity contribution in [2.45, 2.75) is 6.92 Å². The summed E-state index contributed by atoms with van der Waals surface area (Å²) in [5.41, 5.74) is 4.88. The lowest BCUT2D eigenvalue weighted by Crippen LogP contribution is -2.16. The van der Waals surface area contributed by atoms with Gasteiger partial charge >= 0.3 is 5.91 Å². The van der Waals surface area contributed by atoms with Crippen LogP contribution < -0.4 is 14.9 Å². The number of hydrazone groups is 1. The molecule has 6 heteroatoms. The van der Waals surface area contributed by atoms with Crippen LogP contribution in [0.15, 0.2) is 52.0 Å². The zero-order chi connectivity index (χ0) is 17.8. The van der Waals surface area contributed by atoms with E-state index in [0.29, 0.717) is 17.1 Å². The molecular weight excluding hydrogens is 320 g/mol. The molecule has 0 atom stereocenters. The zero-order valence-electron chi connectivity index (χ0n) is 14.2. The molecule has 0 fully saturated rings. The van der Waals surface area contributed by atoms with Gasteiger partial charge < -0.3 is 13.9 Å². The standard InChI is InChI=1S/C19H18N2O4/c1-12-8-16(23-2)17(24-3)10-14(12)11-20-21-19(22)18-9-13-6-4-5-7-15(13)25-18/h4-11H,1-3H3,(H,21,22)/b20-11+. The van der Waals surface area contributed by atoms with E-state index in [0.717, 1.165) is 16.5 Å². The molecule has 1 N–H and O–H groups in total. The minimum absolute atomic E-state index is 0.211. The highest BCUT2D eigenvalue weighted by Crippen LogP contribution is 2.29. The highest BCUT2D eigenvalue weighted by Gasteiger charge is 2.11. The highest BCUT2D eigenvalue weighted by molar-refractivity contribution is 5.96. The summed E-state index contributed by atoms with van der Waals surface area (Å²) in [5, 5.41) is 4.87. The molecule has 1 heterocycles. The fraction of sp³-hybridized carbons (Fsp3) is 0.158. The molecule has 0 aliphatic heterocycles. The van der Waals surface area contributed by atoms with E-state index in [1.807, 2.05) is 37.3 Å². The number of furan rings is 1. The molecule has 1 aromatic heterocycles. The monoisotopic (exact) mass is 338 g/mol. The summed E-state index contributed by atoms with van der Waals surface area (Å²) in [5.74, 6) is 1.04. The molecule has 0 bridgehead atoms. The Morgan fingerprint density at radius 3 is 2.56 bits per heavy atom. The van der Waals surface area contributed by atoms with Crippen LogP contribution in [0.25, 0.3) is 11.0 Å². The molecule has 0 radical (unpaired) electrons. The summed E-state index contributed by atoms with van der Waals surface area (Å²) < 4.78 is 16.0. The number of carbonyl (C=O) groups excluding carboxylic acids is 1. The quantitative estimate of drug-likeness (QED) is 0.571. The molecule has 3 aromatic rings. The summed E-state index contributed by atoms with van der Waals surface area (Å²) in [6.07, 6.45) is 1.55. The SMILES string of the molecule is COc1cc(C)c(/C=N/NC(=O)c2cc3ccccc3o2)cc1OC. The molecule has 25 heavy (non-hydrogen) atoms. The Labute approximate surface area is 145 Å². The maximum absolute atomic E-state index is 12.1. The normalized spacial score (nSPS) is 11.0. The fourth-order valence-electron chi connectivity index (χ4n) is 2.44. The van der Waals surface area contributed by atoms with Crippen molar-refractivity contribution in [1.29, 1.82) is 0 Å². The largest absolute Gasteiger partial charge is 0.493 e. The van der Waals surface area contributed by atoms with E-state index in [4.69, 9.17) is 13.9 Å². The molecule has 0 spiro atoms. The average Bonchev–Trinajstić information content (AvgIpc) is 3.06. The first kappa shape index (κ1) is 16.6. The van der Waals surface area contributed by atoms with Gasteiger partial charge in [0.05, 0.1) is 20.4 Å². The second kappa shape index (κ2) is 7.09. The Kier molecular flexibility index (Phi) is 4.70. The Morgan fingerprint density at radius 2 is 1.84 bits per heavy atom. The highest BCUT2D eigenvalue weighted by atomic mass is 16.5. The maximum Gasteiger partial charge on any atom is 0.307 e. The Balaban J connectivity index is 1.75. The number of fused-ring (bicyclic) bond motifs is 1. The second-order valence-electron chi connectivity index (χ2n) is 5.41. The molecule has 128 valence electrons. The van der Waals surface area contributed by atoms with Gasteiger partial charge in [0, 0.05) is 10.9 Å². The van der Waals surface area contributed by atoms with Crippen molar-refractivity contribution in [3.63, 3.8) is 0 Å². The van der Waals surface area contributed by atoms with Gasteiger partial charge in [-0.05, 0) is 36.8 Å². The van der Waals surface area contributed by atoms with Crippen LogP contribution in [0, 0.1) is 6.92 Å². The van der Waals surface area contributed by atoms with Gasteiger partial charge in [-0.1, -0.05) is 18.2 Å². The first-order valence-electron chi connectivity index (χ1n) is 7.67. The van der Waals surface area contributed by atoms with Crippen molar-refractivity contribution in [2.24, 2.45) is 5.10 Å². The first-order valence-corrected chi connectivity index (χ1v) is 7.67. The minimum Gasteiger partial charge on any atom is -0.493 e. The van der Waals surface area contributed by atoms with Crippen LogP contribution in [0.4, 0.5) is 0 Å². The molecule has 0 unspecified atom stereocenters. The van der Waals surface area contributed by atoms with Crippen molar-refractivity contribution in [1.82, 2.24) is 5.43 Å². The van der Waals surface area contributed by atoms with Crippen LogP contribution in [0.5, 0.6) is 11.5 Å². The molecule has 1 amide bonds. The van der Waals surface area contributed by atoms with Gasteiger partial charge in [0.1, 0.15) is 5.58 Å². The topological polar surface area (TPSA) is 73.1 Å². The van der Waals surface area contributed by atoms with Crippen molar-refractivity contribution in [3.05, 3.63) is 59.4 Å². The molecule has 0 aliphatic carbocycles. The van der Waals surface area contributed by atoms with E-state index < -0.39 is 5.91 Å². The summed E-state index contributed by atoms with van der Waals surface area (Å²) in [6, 6.07) is 12.8. The van der Waals surface area contributed by atoms with Crippen molar-refractivity contribution >= 4 is 23.1 Å². The van der Waals surface area contributed by atoms with E-state index in [-0.39, 0.29) is 5.76 Å². The smallest absolute Gasteiger partial charge is 0.307 e. The molecule has 0 saturated carbocycles. The number of ether oxygens (including phenoxy) is 2. The van der Waals surface area contributed by atoms with Gasteiger partial charge in [-0.25, -0.2) is 5.43 Å². The van der Waals surface area contributed by atoms with Gasteiger partial charge in [0.15, 0.2) is 17.3 Å². The zero-order valence-corrected chi connectivity index (χ0v) is 14.2. The number of benzene rings is 2. The van der Waals surface area contributed by atoms with Crippen molar-refractivity contribution in [3.8, 4) is 11.5 Å². The number of rotatable bonds is 5. The van der Waals surface area contributed by atoms with Gasteiger partial charge in [-0.3, -0.25) is 4.79 Å². The third-order valence-corrected chi connectivity index (χ3v) is 3.79. The summed E-state index contributed by atoms with van der Waals surface area (Å²) in [7, 11) is 3.15. The predicted octanol–water partition coefficient (Wildman–Crippen LogP) is 3.52. The number of methoxy groups -OCH3 is 2. The number of para-hydroxylation sites is 1. The molecule has 2 aromatic carbocycles. The number of hydrogen-bond acceptors (Lipinski definition) is 5. The summed E-state index contributed by atoms with van der Waals surface area (Å²) in [6.45, 7) is 1.92. The van der Waals surface area contributed by atoms with Gasteiger partial charge in [-0.2, -0.15) is 5.10 Å². The predicted molar refractivity (Wildman–Crippen MR) is 95.6 cm³/mol.